The number of rotatable bonds is 11. The molecule has 2 atom stereocenters. The van der Waals surface area contributed by atoms with E-state index in [9.17, 15) is 0 Å². The van der Waals surface area contributed by atoms with Gasteiger partial charge in [0.05, 0.1) is 12.7 Å². The largest absolute Gasteiger partial charge is 0.403 e. The van der Waals surface area contributed by atoms with Crippen molar-refractivity contribution in [1.82, 2.24) is 0 Å². The van der Waals surface area contributed by atoms with Crippen LogP contribution in [-0.4, -0.2) is 41.0 Å². The number of benzene rings is 1. The summed E-state index contributed by atoms with van der Waals surface area (Å²) in [6.07, 6.45) is 1.98. The monoisotopic (exact) mass is 404 g/mol. The van der Waals surface area contributed by atoms with E-state index in [0.717, 1.165) is 5.56 Å². The molecular formula is C23H36O4Si. The van der Waals surface area contributed by atoms with Gasteiger partial charge in [-0.3, -0.25) is 0 Å². The molecule has 0 saturated carbocycles. The summed E-state index contributed by atoms with van der Waals surface area (Å²) >= 11 is 0. The van der Waals surface area contributed by atoms with Gasteiger partial charge < -0.3 is 18.6 Å². The van der Waals surface area contributed by atoms with Gasteiger partial charge in [-0.1, -0.05) is 69.0 Å². The predicted octanol–water partition coefficient (Wildman–Crippen LogP) is 5.16. The second-order valence-corrected chi connectivity index (χ2v) is 13.0. The smallest absolute Gasteiger partial charge is 0.193 e. The van der Waals surface area contributed by atoms with Crippen LogP contribution in [0.4, 0.5) is 0 Å². The summed E-state index contributed by atoms with van der Waals surface area (Å²) < 4.78 is 22.9. The molecule has 0 unspecified atom stereocenters. The van der Waals surface area contributed by atoms with Gasteiger partial charge in [-0.25, -0.2) is 0 Å². The molecule has 0 aliphatic carbocycles. The molecule has 0 N–H and O–H groups in total. The number of hydrogen-bond acceptors (Lipinski definition) is 4. The molecule has 0 aliphatic rings. The average molecular weight is 405 g/mol. The molecule has 1 aromatic rings. The van der Waals surface area contributed by atoms with Gasteiger partial charge in [0.2, 0.25) is 0 Å². The van der Waals surface area contributed by atoms with Crippen LogP contribution in [0.25, 0.3) is 0 Å². The molecule has 0 saturated heterocycles. The second kappa shape index (κ2) is 12.2. The van der Waals surface area contributed by atoms with Crippen LogP contribution < -0.4 is 0 Å². The number of methoxy groups -OCH3 is 1. The SMILES string of the molecule is C=C[C@H](C[C@H](C#CCOCc1ccccc1)O[Si](C)(C)C(C)(C)C)OCOC. The summed E-state index contributed by atoms with van der Waals surface area (Å²) in [5.41, 5.74) is 1.14. The van der Waals surface area contributed by atoms with Crippen LogP contribution in [-0.2, 0) is 25.2 Å². The van der Waals surface area contributed by atoms with Crippen molar-refractivity contribution in [3.05, 3.63) is 48.6 Å². The fraction of sp³-hybridized carbons (Fsp3) is 0.565. The summed E-state index contributed by atoms with van der Waals surface area (Å²) in [6.45, 7) is 16.1. The van der Waals surface area contributed by atoms with E-state index in [2.05, 4.69) is 52.3 Å². The Morgan fingerprint density at radius 2 is 1.86 bits per heavy atom. The fourth-order valence-electron chi connectivity index (χ4n) is 2.22. The van der Waals surface area contributed by atoms with E-state index >= 15 is 0 Å². The molecule has 0 spiro atoms. The van der Waals surface area contributed by atoms with Crippen LogP contribution in [0.1, 0.15) is 32.8 Å². The second-order valence-electron chi connectivity index (χ2n) is 8.25. The minimum Gasteiger partial charge on any atom is -0.403 e. The molecular weight excluding hydrogens is 368 g/mol. The van der Waals surface area contributed by atoms with E-state index in [-0.39, 0.29) is 24.0 Å². The van der Waals surface area contributed by atoms with Crippen LogP contribution in [0.15, 0.2) is 43.0 Å². The van der Waals surface area contributed by atoms with Gasteiger partial charge in [-0.15, -0.1) is 6.58 Å². The van der Waals surface area contributed by atoms with Gasteiger partial charge >= 0.3 is 0 Å². The van der Waals surface area contributed by atoms with E-state index in [1.54, 1.807) is 13.2 Å². The van der Waals surface area contributed by atoms with Crippen molar-refractivity contribution >= 4 is 8.32 Å². The molecule has 1 aromatic carbocycles. The third kappa shape index (κ3) is 9.18. The van der Waals surface area contributed by atoms with Crippen molar-refractivity contribution in [2.24, 2.45) is 0 Å². The quantitative estimate of drug-likeness (QED) is 0.168. The van der Waals surface area contributed by atoms with E-state index < -0.39 is 8.32 Å². The molecule has 156 valence electrons. The summed E-state index contributed by atoms with van der Waals surface area (Å²) in [4.78, 5) is 0. The first-order valence-corrected chi connectivity index (χ1v) is 12.6. The van der Waals surface area contributed by atoms with Crippen molar-refractivity contribution in [3.63, 3.8) is 0 Å². The Morgan fingerprint density at radius 1 is 1.18 bits per heavy atom. The molecule has 4 nitrogen and oxygen atoms in total. The lowest BCUT2D eigenvalue weighted by Crippen LogP contribution is -2.44. The average Bonchev–Trinajstić information content (AvgIpc) is 2.64. The van der Waals surface area contributed by atoms with E-state index in [0.29, 0.717) is 19.6 Å². The molecule has 0 aromatic heterocycles. The molecule has 0 fully saturated rings. The van der Waals surface area contributed by atoms with Gasteiger partial charge in [0.25, 0.3) is 0 Å². The summed E-state index contributed by atoms with van der Waals surface area (Å²) in [7, 11) is -0.360. The van der Waals surface area contributed by atoms with Gasteiger partial charge in [0.1, 0.15) is 19.5 Å². The number of ether oxygens (including phenoxy) is 3. The molecule has 0 radical (unpaired) electrons. The Balaban J connectivity index is 2.72. The molecule has 0 amide bonds. The van der Waals surface area contributed by atoms with Gasteiger partial charge in [-0.05, 0) is 23.7 Å². The Bertz CT molecular complexity index is 625. The first-order valence-electron chi connectivity index (χ1n) is 9.70. The molecule has 0 aliphatic heterocycles. The first kappa shape index (κ1) is 24.6. The van der Waals surface area contributed by atoms with Crippen LogP contribution in [0, 0.1) is 11.8 Å². The fourth-order valence-corrected chi connectivity index (χ4v) is 3.44. The van der Waals surface area contributed by atoms with E-state index in [1.165, 1.54) is 0 Å². The summed E-state index contributed by atoms with van der Waals surface area (Å²) in [5.74, 6) is 6.36. The zero-order chi connectivity index (χ0) is 21.0. The van der Waals surface area contributed by atoms with Crippen LogP contribution in [0.3, 0.4) is 0 Å². The summed E-state index contributed by atoms with van der Waals surface area (Å²) in [5, 5.41) is 0.105. The van der Waals surface area contributed by atoms with Crippen molar-refractivity contribution < 1.29 is 18.6 Å². The van der Waals surface area contributed by atoms with Crippen molar-refractivity contribution in [2.75, 3.05) is 20.5 Å². The molecule has 5 heteroatoms. The normalized spacial score (nSPS) is 14.1. The highest BCUT2D eigenvalue weighted by Crippen LogP contribution is 2.37. The van der Waals surface area contributed by atoms with E-state index in [4.69, 9.17) is 18.6 Å². The maximum Gasteiger partial charge on any atom is 0.193 e. The van der Waals surface area contributed by atoms with Crippen LogP contribution in [0.2, 0.25) is 18.1 Å². The zero-order valence-electron chi connectivity index (χ0n) is 18.3. The zero-order valence-corrected chi connectivity index (χ0v) is 19.3. The Hall–Kier alpha value is -1.42. The van der Waals surface area contributed by atoms with E-state index in [1.807, 2.05) is 30.3 Å². The highest BCUT2D eigenvalue weighted by atomic mass is 28.4. The molecule has 0 bridgehead atoms. The standard InChI is InChI=1S/C23H36O4Si/c1-8-21(26-19-24-5)17-22(27-28(6,7)23(2,3)4)15-12-16-25-18-20-13-10-9-11-14-20/h8-11,13-14,21-22H,1,16-19H2,2-7H3/t21-,22+/m1/s1. The molecule has 0 heterocycles. The predicted molar refractivity (Wildman–Crippen MR) is 118 cm³/mol. The van der Waals surface area contributed by atoms with Gasteiger partial charge in [0.15, 0.2) is 8.32 Å². The highest BCUT2D eigenvalue weighted by molar-refractivity contribution is 6.74. The lowest BCUT2D eigenvalue weighted by molar-refractivity contribution is -0.0631. The van der Waals surface area contributed by atoms with Crippen molar-refractivity contribution in [1.29, 1.82) is 0 Å². The van der Waals surface area contributed by atoms with Crippen LogP contribution >= 0.6 is 0 Å². The van der Waals surface area contributed by atoms with Gasteiger partial charge in [0, 0.05) is 13.5 Å². The minimum absolute atomic E-state index is 0.105. The Kier molecular flexibility index (Phi) is 10.7. The Labute approximate surface area is 172 Å². The molecule has 1 rings (SSSR count). The third-order valence-corrected chi connectivity index (χ3v) is 9.39. The molecule has 28 heavy (non-hydrogen) atoms. The first-order chi connectivity index (χ1) is 13.2. The topological polar surface area (TPSA) is 36.9 Å². The summed E-state index contributed by atoms with van der Waals surface area (Å²) in [6, 6.07) is 10.1. The highest BCUT2D eigenvalue weighted by Gasteiger charge is 2.39. The Morgan fingerprint density at radius 3 is 2.43 bits per heavy atom. The number of hydrogen-bond donors (Lipinski definition) is 0. The lowest BCUT2D eigenvalue weighted by Gasteiger charge is -2.38. The maximum absolute atomic E-state index is 6.52. The van der Waals surface area contributed by atoms with Crippen molar-refractivity contribution in [3.8, 4) is 11.8 Å². The van der Waals surface area contributed by atoms with Crippen LogP contribution in [0.5, 0.6) is 0 Å². The van der Waals surface area contributed by atoms with Crippen molar-refractivity contribution in [2.45, 2.75) is 64.1 Å². The third-order valence-electron chi connectivity index (χ3n) is 4.90. The maximum atomic E-state index is 6.52. The minimum atomic E-state index is -1.96. The van der Waals surface area contributed by atoms with Gasteiger partial charge in [-0.2, -0.15) is 0 Å². The lowest BCUT2D eigenvalue weighted by atomic mass is 10.1.